The number of alkyl halides is 3. The molecule has 1 saturated carbocycles. The molecule has 15 heteroatoms. The molecule has 44 heavy (non-hydrogen) atoms. The SMILES string of the molecule is Cn1cc(S(=O)(=O)N(CC(F)(F)F)[C@H]2CCC3=Cc4c(cnn4-c4ccc(F)cc4)C[C@]3(C(=O)c3cc(F)ccn3)C2)cn1. The van der Waals surface area contributed by atoms with Gasteiger partial charge in [0.25, 0.3) is 0 Å². The van der Waals surface area contributed by atoms with E-state index in [2.05, 4.69) is 15.2 Å². The Morgan fingerprint density at radius 2 is 1.84 bits per heavy atom. The Kier molecular flexibility index (Phi) is 7.27. The minimum absolute atomic E-state index is 0.0208. The van der Waals surface area contributed by atoms with E-state index in [1.54, 1.807) is 10.8 Å². The number of allylic oxidation sites excluding steroid dienone is 1. The number of Topliss-reactive ketones (excluding diaryl/α,β-unsaturated/α-hetero) is 1. The van der Waals surface area contributed by atoms with Crippen LogP contribution in [0.25, 0.3) is 11.8 Å². The molecule has 1 aromatic carbocycles. The highest BCUT2D eigenvalue weighted by molar-refractivity contribution is 7.89. The number of sulfonamides is 1. The van der Waals surface area contributed by atoms with Crippen molar-refractivity contribution in [2.24, 2.45) is 12.5 Å². The van der Waals surface area contributed by atoms with Gasteiger partial charge in [-0.1, -0.05) is 5.57 Å². The molecular formula is C29H25F5N6O3S. The number of hydrogen-bond donors (Lipinski definition) is 0. The van der Waals surface area contributed by atoms with Crippen LogP contribution in [0.2, 0.25) is 0 Å². The van der Waals surface area contributed by atoms with Crippen LogP contribution in [-0.2, 0) is 23.5 Å². The van der Waals surface area contributed by atoms with Gasteiger partial charge >= 0.3 is 6.18 Å². The van der Waals surface area contributed by atoms with Crippen molar-refractivity contribution in [1.29, 1.82) is 0 Å². The monoisotopic (exact) mass is 632 g/mol. The molecule has 0 bridgehead atoms. The largest absolute Gasteiger partial charge is 0.402 e. The number of benzene rings is 1. The Bertz CT molecular complexity index is 1880. The topological polar surface area (TPSA) is 103 Å². The minimum atomic E-state index is -4.89. The van der Waals surface area contributed by atoms with Gasteiger partial charge in [-0.25, -0.2) is 21.9 Å². The summed E-state index contributed by atoms with van der Waals surface area (Å²) >= 11 is 0. The van der Waals surface area contributed by atoms with E-state index in [0.717, 1.165) is 30.7 Å². The first-order valence-electron chi connectivity index (χ1n) is 13.5. The van der Waals surface area contributed by atoms with Crippen LogP contribution < -0.4 is 0 Å². The molecule has 0 saturated heterocycles. The molecule has 3 heterocycles. The lowest BCUT2D eigenvalue weighted by Gasteiger charge is -2.46. The summed E-state index contributed by atoms with van der Waals surface area (Å²) in [5.74, 6) is -1.81. The van der Waals surface area contributed by atoms with Crippen LogP contribution in [-0.4, -0.2) is 61.8 Å². The van der Waals surface area contributed by atoms with Crippen LogP contribution in [0.15, 0.2) is 71.7 Å². The third-order valence-electron chi connectivity index (χ3n) is 8.13. The van der Waals surface area contributed by atoms with Gasteiger partial charge in [0.15, 0.2) is 5.78 Å². The summed E-state index contributed by atoms with van der Waals surface area (Å²) in [5, 5.41) is 8.23. The number of halogens is 5. The molecule has 9 nitrogen and oxygen atoms in total. The van der Waals surface area contributed by atoms with Crippen molar-refractivity contribution in [2.75, 3.05) is 6.54 Å². The summed E-state index contributed by atoms with van der Waals surface area (Å²) in [5.41, 5.74) is 0.455. The van der Waals surface area contributed by atoms with E-state index >= 15 is 0 Å². The Balaban J connectivity index is 1.46. The minimum Gasteiger partial charge on any atom is -0.291 e. The maximum absolute atomic E-state index is 14.3. The van der Waals surface area contributed by atoms with E-state index in [1.807, 2.05) is 0 Å². The van der Waals surface area contributed by atoms with Gasteiger partial charge in [0, 0.05) is 31.5 Å². The third kappa shape index (κ3) is 5.34. The van der Waals surface area contributed by atoms with Crippen LogP contribution in [0.3, 0.4) is 0 Å². The van der Waals surface area contributed by atoms with E-state index in [-0.39, 0.29) is 31.4 Å². The van der Waals surface area contributed by atoms with Gasteiger partial charge in [-0.2, -0.15) is 27.7 Å². The standard InChI is InChI=1S/C29H25F5N6O3S/c1-38-16-24(15-36-38)44(42,43)39(17-29(32,33)34)23-5-2-19-10-26-18(14-37-40(26)22-6-3-20(30)4-7-22)12-28(19,13-23)27(41)25-11-21(31)8-9-35-25/h3-4,6-11,14-16,23H,2,5,12-13,17H2,1H3/t23-,28-/m0/s1. The number of fused-ring (bicyclic) bond motifs is 2. The van der Waals surface area contributed by atoms with Gasteiger partial charge in [0.1, 0.15) is 28.8 Å². The summed E-state index contributed by atoms with van der Waals surface area (Å²) in [4.78, 5) is 17.9. The van der Waals surface area contributed by atoms with Crippen molar-refractivity contribution in [3.8, 4) is 5.69 Å². The number of carbonyl (C=O) groups excluding carboxylic acids is 1. The maximum Gasteiger partial charge on any atom is 0.402 e. The molecule has 2 atom stereocenters. The average Bonchev–Trinajstić information content (AvgIpc) is 3.60. The number of pyridine rings is 1. The zero-order chi connectivity index (χ0) is 31.4. The predicted octanol–water partition coefficient (Wildman–Crippen LogP) is 4.89. The van der Waals surface area contributed by atoms with Gasteiger partial charge in [0.2, 0.25) is 10.0 Å². The number of rotatable bonds is 7. The van der Waals surface area contributed by atoms with Gasteiger partial charge < -0.3 is 0 Å². The second-order valence-corrected chi connectivity index (χ2v) is 12.9. The Morgan fingerprint density at radius 1 is 1.09 bits per heavy atom. The molecule has 0 N–H and O–H groups in total. The lowest BCUT2D eigenvalue weighted by atomic mass is 9.60. The predicted molar refractivity (Wildman–Crippen MR) is 147 cm³/mol. The van der Waals surface area contributed by atoms with Crippen LogP contribution in [0.1, 0.15) is 41.0 Å². The number of ketones is 1. The zero-order valence-corrected chi connectivity index (χ0v) is 24.0. The van der Waals surface area contributed by atoms with Crippen molar-refractivity contribution < 1.29 is 35.2 Å². The molecule has 0 aliphatic heterocycles. The highest BCUT2D eigenvalue weighted by Crippen LogP contribution is 2.51. The highest BCUT2D eigenvalue weighted by atomic mass is 32.2. The number of aryl methyl sites for hydroxylation is 1. The molecular weight excluding hydrogens is 607 g/mol. The van der Waals surface area contributed by atoms with E-state index in [0.29, 0.717) is 26.8 Å². The fourth-order valence-corrected chi connectivity index (χ4v) is 7.77. The average molecular weight is 633 g/mol. The van der Waals surface area contributed by atoms with Crippen molar-refractivity contribution in [2.45, 2.75) is 42.8 Å². The van der Waals surface area contributed by atoms with Crippen LogP contribution in [0.4, 0.5) is 22.0 Å². The molecule has 3 aromatic heterocycles. The molecule has 4 aromatic rings. The summed E-state index contributed by atoms with van der Waals surface area (Å²) < 4.78 is 99.9. The van der Waals surface area contributed by atoms with Gasteiger partial charge in [-0.05, 0) is 67.7 Å². The first kappa shape index (κ1) is 29.8. The summed E-state index contributed by atoms with van der Waals surface area (Å²) in [7, 11) is -3.25. The summed E-state index contributed by atoms with van der Waals surface area (Å²) in [6.07, 6.45) is 1.22. The number of carbonyl (C=O) groups is 1. The zero-order valence-electron chi connectivity index (χ0n) is 23.2. The van der Waals surface area contributed by atoms with Crippen LogP contribution >= 0.6 is 0 Å². The number of aromatic nitrogens is 5. The smallest absolute Gasteiger partial charge is 0.291 e. The van der Waals surface area contributed by atoms with Gasteiger partial charge in [0.05, 0.1) is 29.2 Å². The maximum atomic E-state index is 14.3. The Hall–Kier alpha value is -4.24. The molecule has 0 unspecified atom stereocenters. The first-order chi connectivity index (χ1) is 20.8. The fourth-order valence-electron chi connectivity index (χ4n) is 6.15. The van der Waals surface area contributed by atoms with E-state index in [1.165, 1.54) is 42.2 Å². The van der Waals surface area contributed by atoms with Crippen LogP contribution in [0, 0.1) is 17.0 Å². The van der Waals surface area contributed by atoms with Gasteiger partial charge in [-0.3, -0.25) is 14.5 Å². The molecule has 2 aliphatic carbocycles. The number of nitrogens with zero attached hydrogens (tertiary/aromatic N) is 6. The Labute approximate surface area is 248 Å². The van der Waals surface area contributed by atoms with Crippen molar-refractivity contribution in [3.63, 3.8) is 0 Å². The van der Waals surface area contributed by atoms with E-state index < -0.39 is 56.5 Å². The quantitative estimate of drug-likeness (QED) is 0.212. The summed E-state index contributed by atoms with van der Waals surface area (Å²) in [6, 6.07) is 6.37. The van der Waals surface area contributed by atoms with Crippen molar-refractivity contribution >= 4 is 21.9 Å². The molecule has 1 fully saturated rings. The second kappa shape index (κ2) is 10.7. The molecule has 0 amide bonds. The number of hydrogen-bond acceptors (Lipinski definition) is 6. The first-order valence-corrected chi connectivity index (χ1v) is 15.0. The molecule has 6 rings (SSSR count). The summed E-state index contributed by atoms with van der Waals surface area (Å²) in [6.45, 7) is -1.77. The van der Waals surface area contributed by atoms with Gasteiger partial charge in [-0.15, -0.1) is 0 Å². The molecule has 0 radical (unpaired) electrons. The van der Waals surface area contributed by atoms with Crippen LogP contribution in [0.5, 0.6) is 0 Å². The Morgan fingerprint density at radius 3 is 2.50 bits per heavy atom. The molecule has 230 valence electrons. The van der Waals surface area contributed by atoms with Crippen molar-refractivity contribution in [3.05, 3.63) is 95.3 Å². The highest BCUT2D eigenvalue weighted by Gasteiger charge is 2.53. The fraction of sp³-hybridized carbons (Fsp3) is 0.310. The van der Waals surface area contributed by atoms with E-state index in [9.17, 15) is 35.2 Å². The molecule has 0 spiro atoms. The van der Waals surface area contributed by atoms with Crippen molar-refractivity contribution in [1.82, 2.24) is 28.9 Å². The second-order valence-electron chi connectivity index (χ2n) is 11.0. The van der Waals surface area contributed by atoms with E-state index in [4.69, 9.17) is 0 Å². The third-order valence-corrected chi connectivity index (χ3v) is 9.98. The lowest BCUT2D eigenvalue weighted by molar-refractivity contribution is -0.140. The normalized spacial score (nSPS) is 20.2. The molecule has 2 aliphatic rings. The lowest BCUT2D eigenvalue weighted by Crippen LogP contribution is -2.52.